The number of carboxylic acids is 1. The Morgan fingerprint density at radius 1 is 1.06 bits per heavy atom. The Hall–Kier alpha value is -1.43. The van der Waals surface area contributed by atoms with Crippen molar-refractivity contribution in [1.29, 1.82) is 0 Å². The number of rotatable bonds is 5. The fourth-order valence-electron chi connectivity index (χ4n) is 1.07. The van der Waals surface area contributed by atoms with Gasteiger partial charge in [0.25, 0.3) is 0 Å². The molecular formula is C13H20O5. The van der Waals surface area contributed by atoms with Crippen molar-refractivity contribution in [2.75, 3.05) is 19.8 Å². The summed E-state index contributed by atoms with van der Waals surface area (Å²) in [5, 5.41) is 34.4. The zero-order valence-corrected chi connectivity index (χ0v) is 10.4. The Balaban J connectivity index is 0.000000321. The van der Waals surface area contributed by atoms with Crippen LogP contribution in [0.4, 0.5) is 0 Å². The second-order valence-corrected chi connectivity index (χ2v) is 4.00. The molecule has 0 saturated heterocycles. The quantitative estimate of drug-likeness (QED) is 0.623. The number of aliphatic hydroxyl groups excluding tert-OH is 3. The zero-order chi connectivity index (χ0) is 14.0. The second kappa shape index (κ2) is 8.63. The first-order valence-corrected chi connectivity index (χ1v) is 5.66. The third kappa shape index (κ3) is 5.27. The Morgan fingerprint density at radius 2 is 1.50 bits per heavy atom. The molecule has 0 bridgehead atoms. The molecule has 0 radical (unpaired) electrons. The van der Waals surface area contributed by atoms with Gasteiger partial charge in [0.05, 0.1) is 25.4 Å². The Morgan fingerprint density at radius 3 is 1.67 bits per heavy atom. The van der Waals surface area contributed by atoms with Gasteiger partial charge in [0.2, 0.25) is 0 Å². The maximum Gasteiger partial charge on any atom is 0.335 e. The van der Waals surface area contributed by atoms with Crippen LogP contribution in [0.25, 0.3) is 0 Å². The van der Waals surface area contributed by atoms with E-state index in [1.165, 1.54) is 0 Å². The van der Waals surface area contributed by atoms with E-state index in [4.69, 9.17) is 20.4 Å². The highest BCUT2D eigenvalue weighted by Gasteiger charge is 2.24. The van der Waals surface area contributed by atoms with Crippen LogP contribution in [0.2, 0.25) is 0 Å². The lowest BCUT2D eigenvalue weighted by Crippen LogP contribution is -2.32. The molecule has 1 aromatic rings. The van der Waals surface area contributed by atoms with E-state index in [1.807, 2.05) is 6.92 Å². The lowest BCUT2D eigenvalue weighted by atomic mass is 9.88. The number of benzene rings is 1. The van der Waals surface area contributed by atoms with Crippen LogP contribution in [-0.4, -0.2) is 46.2 Å². The number of aliphatic hydroxyl groups is 3. The van der Waals surface area contributed by atoms with Crippen LogP contribution in [0.15, 0.2) is 30.3 Å². The van der Waals surface area contributed by atoms with Crippen molar-refractivity contribution in [3.05, 3.63) is 35.9 Å². The first-order chi connectivity index (χ1) is 8.55. The van der Waals surface area contributed by atoms with Crippen LogP contribution in [0.3, 0.4) is 0 Å². The molecule has 0 aromatic heterocycles. The normalized spacial score (nSPS) is 10.4. The summed E-state index contributed by atoms with van der Waals surface area (Å²) in [5.74, 6) is -0.879. The van der Waals surface area contributed by atoms with Gasteiger partial charge in [0.15, 0.2) is 0 Å². The maximum absolute atomic E-state index is 10.2. The summed E-state index contributed by atoms with van der Waals surface area (Å²) in [6.07, 6.45) is 0.594. The first-order valence-electron chi connectivity index (χ1n) is 5.66. The number of carbonyl (C=O) groups is 1. The molecule has 102 valence electrons. The molecule has 0 unspecified atom stereocenters. The monoisotopic (exact) mass is 256 g/mol. The molecule has 0 spiro atoms. The summed E-state index contributed by atoms with van der Waals surface area (Å²) in [4.78, 5) is 10.2. The summed E-state index contributed by atoms with van der Waals surface area (Å²) < 4.78 is 0. The van der Waals surface area contributed by atoms with Gasteiger partial charge in [-0.2, -0.15) is 0 Å². The van der Waals surface area contributed by atoms with Crippen molar-refractivity contribution in [1.82, 2.24) is 0 Å². The lowest BCUT2D eigenvalue weighted by molar-refractivity contribution is 0.00304. The molecule has 0 saturated carbocycles. The average molecular weight is 256 g/mol. The van der Waals surface area contributed by atoms with E-state index in [2.05, 4.69) is 0 Å². The van der Waals surface area contributed by atoms with Crippen LogP contribution < -0.4 is 0 Å². The van der Waals surface area contributed by atoms with Crippen molar-refractivity contribution >= 4 is 5.97 Å². The number of carboxylic acid groups (broad SMARTS) is 1. The van der Waals surface area contributed by atoms with E-state index in [1.54, 1.807) is 30.3 Å². The fourth-order valence-corrected chi connectivity index (χ4v) is 1.07. The molecule has 5 heteroatoms. The third-order valence-corrected chi connectivity index (χ3v) is 2.78. The van der Waals surface area contributed by atoms with Crippen LogP contribution >= 0.6 is 0 Å². The van der Waals surface area contributed by atoms with E-state index in [-0.39, 0.29) is 19.8 Å². The van der Waals surface area contributed by atoms with Gasteiger partial charge in [-0.25, -0.2) is 4.79 Å². The predicted molar refractivity (Wildman–Crippen MR) is 67.4 cm³/mol. The Bertz CT molecular complexity index is 315. The molecule has 18 heavy (non-hydrogen) atoms. The topological polar surface area (TPSA) is 98.0 Å². The molecule has 1 rings (SSSR count). The van der Waals surface area contributed by atoms with Gasteiger partial charge in [-0.1, -0.05) is 25.1 Å². The largest absolute Gasteiger partial charge is 0.478 e. The smallest absolute Gasteiger partial charge is 0.335 e. The lowest BCUT2D eigenvalue weighted by Gasteiger charge is -2.24. The minimum atomic E-state index is -0.879. The van der Waals surface area contributed by atoms with E-state index >= 15 is 0 Å². The molecule has 0 fully saturated rings. The minimum Gasteiger partial charge on any atom is -0.478 e. The van der Waals surface area contributed by atoms with Crippen molar-refractivity contribution in [2.24, 2.45) is 5.41 Å². The molecule has 0 amide bonds. The standard InChI is InChI=1S/C7H6O2.C6H14O3/c8-7(9)6-4-2-1-3-5-6;1-2-6(3-7,4-8)5-9/h1-5H,(H,8,9);7-9H,2-5H2,1H3. The molecule has 0 atom stereocenters. The van der Waals surface area contributed by atoms with Gasteiger partial charge in [0.1, 0.15) is 0 Å². The zero-order valence-electron chi connectivity index (χ0n) is 10.4. The van der Waals surface area contributed by atoms with Gasteiger partial charge >= 0.3 is 5.97 Å². The fraction of sp³-hybridized carbons (Fsp3) is 0.462. The summed E-state index contributed by atoms with van der Waals surface area (Å²) in [6.45, 7) is 1.35. The molecule has 1 aromatic carbocycles. The van der Waals surface area contributed by atoms with Gasteiger partial charge in [-0.3, -0.25) is 0 Å². The molecule has 4 N–H and O–H groups in total. The predicted octanol–water partition coefficient (Wildman–Crippen LogP) is 0.745. The molecule has 0 aliphatic carbocycles. The van der Waals surface area contributed by atoms with Crippen LogP contribution in [0.1, 0.15) is 23.7 Å². The molecular weight excluding hydrogens is 236 g/mol. The highest BCUT2D eigenvalue weighted by atomic mass is 16.4. The van der Waals surface area contributed by atoms with Gasteiger partial charge < -0.3 is 20.4 Å². The van der Waals surface area contributed by atoms with Crippen molar-refractivity contribution in [3.8, 4) is 0 Å². The number of aromatic carboxylic acids is 1. The van der Waals surface area contributed by atoms with Gasteiger partial charge in [0, 0.05) is 5.41 Å². The highest BCUT2D eigenvalue weighted by molar-refractivity contribution is 5.87. The summed E-state index contributed by atoms with van der Waals surface area (Å²) in [5.41, 5.74) is -0.336. The van der Waals surface area contributed by atoms with E-state index in [0.29, 0.717) is 12.0 Å². The summed E-state index contributed by atoms with van der Waals surface area (Å²) in [7, 11) is 0. The van der Waals surface area contributed by atoms with Gasteiger partial charge in [-0.05, 0) is 18.6 Å². The third-order valence-electron chi connectivity index (χ3n) is 2.78. The Labute approximate surface area is 106 Å². The SMILES string of the molecule is CCC(CO)(CO)CO.O=C(O)c1ccccc1. The number of hydrogen-bond donors (Lipinski definition) is 4. The van der Waals surface area contributed by atoms with Crippen molar-refractivity contribution < 1.29 is 25.2 Å². The number of hydrogen-bond acceptors (Lipinski definition) is 4. The molecule has 0 aliphatic rings. The van der Waals surface area contributed by atoms with Crippen LogP contribution in [0.5, 0.6) is 0 Å². The van der Waals surface area contributed by atoms with Gasteiger partial charge in [-0.15, -0.1) is 0 Å². The summed E-state index contributed by atoms with van der Waals surface area (Å²) in [6, 6.07) is 8.30. The molecule has 0 heterocycles. The van der Waals surface area contributed by atoms with E-state index in [9.17, 15) is 4.79 Å². The maximum atomic E-state index is 10.2. The second-order valence-electron chi connectivity index (χ2n) is 4.00. The molecule has 0 aliphatic heterocycles. The van der Waals surface area contributed by atoms with Crippen molar-refractivity contribution in [2.45, 2.75) is 13.3 Å². The van der Waals surface area contributed by atoms with Crippen molar-refractivity contribution in [3.63, 3.8) is 0 Å². The van der Waals surface area contributed by atoms with Crippen LogP contribution in [-0.2, 0) is 0 Å². The average Bonchev–Trinajstić information content (AvgIpc) is 2.44. The first kappa shape index (κ1) is 16.6. The Kier molecular flexibility index (Phi) is 7.94. The minimum absolute atomic E-state index is 0.156. The van der Waals surface area contributed by atoms with E-state index in [0.717, 1.165) is 0 Å². The van der Waals surface area contributed by atoms with E-state index < -0.39 is 11.4 Å². The highest BCUT2D eigenvalue weighted by Crippen LogP contribution is 2.18. The summed E-state index contributed by atoms with van der Waals surface area (Å²) >= 11 is 0. The van der Waals surface area contributed by atoms with Crippen LogP contribution in [0, 0.1) is 5.41 Å². The molecule has 5 nitrogen and oxygen atoms in total.